The van der Waals surface area contributed by atoms with E-state index in [1.807, 2.05) is 0 Å². The molecule has 1 fully saturated rings. The second kappa shape index (κ2) is 6.69. The number of halogens is 2. The third kappa shape index (κ3) is 3.59. The van der Waals surface area contributed by atoms with Gasteiger partial charge in [-0.2, -0.15) is 0 Å². The maximum atomic E-state index is 13.7. The third-order valence-corrected chi connectivity index (χ3v) is 3.56. The maximum Gasteiger partial charge on any atom is 0.244 e. The number of likely N-dealkylation sites (tertiary alicyclic amines) is 1. The van der Waals surface area contributed by atoms with Crippen LogP contribution in [0.3, 0.4) is 0 Å². The predicted molar refractivity (Wildman–Crippen MR) is 77.2 cm³/mol. The molecule has 0 saturated carbocycles. The highest BCUT2D eigenvalue weighted by molar-refractivity contribution is 5.84. The summed E-state index contributed by atoms with van der Waals surface area (Å²) in [6.07, 6.45) is 3.11. The molecule has 0 spiro atoms. The van der Waals surface area contributed by atoms with Gasteiger partial charge in [0.05, 0.1) is 0 Å². The minimum atomic E-state index is -0.815. The topological polar surface area (TPSA) is 57.3 Å². The van der Waals surface area contributed by atoms with Crippen molar-refractivity contribution in [3.05, 3.63) is 17.7 Å². The highest BCUT2D eigenvalue weighted by Gasteiger charge is 2.23. The average Bonchev–Trinajstić information content (AvgIpc) is 2.50. The molecule has 7 heteroatoms. The van der Waals surface area contributed by atoms with E-state index in [1.165, 1.54) is 7.05 Å². The van der Waals surface area contributed by atoms with Gasteiger partial charge in [0.1, 0.15) is 6.04 Å². The van der Waals surface area contributed by atoms with Crippen molar-refractivity contribution >= 4 is 17.5 Å². The van der Waals surface area contributed by atoms with Gasteiger partial charge in [0.25, 0.3) is 0 Å². The van der Waals surface area contributed by atoms with Crippen LogP contribution >= 0.6 is 0 Å². The quantitative estimate of drug-likeness (QED) is 0.895. The Morgan fingerprint density at radius 3 is 2.48 bits per heavy atom. The number of piperidine rings is 1. The molecule has 5 nitrogen and oxygen atoms in total. The van der Waals surface area contributed by atoms with E-state index in [1.54, 1.807) is 11.8 Å². The Hall–Kier alpha value is -1.92. The number of carbonyl (C=O) groups is 1. The number of rotatable bonds is 4. The molecule has 1 saturated heterocycles. The highest BCUT2D eigenvalue weighted by Crippen LogP contribution is 2.20. The summed E-state index contributed by atoms with van der Waals surface area (Å²) in [7, 11) is 1.50. The van der Waals surface area contributed by atoms with Gasteiger partial charge in [-0.05, 0) is 26.2 Å². The largest absolute Gasteiger partial charge is 0.371 e. The summed E-state index contributed by atoms with van der Waals surface area (Å²) in [5.41, 5.74) is 0. The summed E-state index contributed by atoms with van der Waals surface area (Å²) in [6, 6.07) is 0.138. The molecule has 2 rings (SSSR count). The predicted octanol–water partition coefficient (Wildman–Crippen LogP) is 2.21. The summed E-state index contributed by atoms with van der Waals surface area (Å²) in [5, 5.41) is 5.27. The Morgan fingerprint density at radius 2 is 1.86 bits per heavy atom. The number of nitrogens with one attached hydrogen (secondary N) is 2. The molecule has 1 aliphatic heterocycles. The summed E-state index contributed by atoms with van der Waals surface area (Å²) in [5.74, 6) is -1.86. The molecular formula is C14H20F2N4O. The van der Waals surface area contributed by atoms with E-state index < -0.39 is 17.7 Å². The van der Waals surface area contributed by atoms with Gasteiger partial charge < -0.3 is 15.5 Å². The molecule has 116 valence electrons. The number of carbonyl (C=O) groups excluding carboxylic acids is 1. The highest BCUT2D eigenvalue weighted by atomic mass is 19.1. The van der Waals surface area contributed by atoms with Gasteiger partial charge in [0, 0.05) is 26.2 Å². The summed E-state index contributed by atoms with van der Waals surface area (Å²) in [4.78, 5) is 17.8. The maximum absolute atomic E-state index is 13.7. The first kappa shape index (κ1) is 15.5. The number of nitrogens with zero attached hydrogens (tertiary/aromatic N) is 2. The lowest BCUT2D eigenvalue weighted by Crippen LogP contribution is -2.44. The van der Waals surface area contributed by atoms with E-state index in [2.05, 4.69) is 15.6 Å². The van der Waals surface area contributed by atoms with Crippen LogP contribution in [0.4, 0.5) is 20.4 Å². The average molecular weight is 298 g/mol. The number of hydrogen-bond acceptors (Lipinski definition) is 4. The molecule has 0 aromatic carbocycles. The van der Waals surface area contributed by atoms with Crippen molar-refractivity contribution < 1.29 is 13.6 Å². The fourth-order valence-electron chi connectivity index (χ4n) is 2.40. The molecule has 0 radical (unpaired) electrons. The van der Waals surface area contributed by atoms with Gasteiger partial charge in [0.2, 0.25) is 5.91 Å². The standard InChI is InChI=1S/C14H20F2N4O/c1-9(14(21)20-6-4-3-5-7-20)18-13-11(16)8-10(15)12(17-2)19-13/h8-9H,3-7H2,1-2H3,(H2,17,18,19). The van der Waals surface area contributed by atoms with Gasteiger partial charge in [-0.3, -0.25) is 4.79 Å². The summed E-state index contributed by atoms with van der Waals surface area (Å²) < 4.78 is 27.1. The van der Waals surface area contributed by atoms with Gasteiger partial charge in [-0.1, -0.05) is 0 Å². The first-order chi connectivity index (χ1) is 10.0. The molecule has 2 N–H and O–H groups in total. The molecule has 1 unspecified atom stereocenters. The fraction of sp³-hybridized carbons (Fsp3) is 0.571. The summed E-state index contributed by atoms with van der Waals surface area (Å²) in [6.45, 7) is 3.11. The minimum Gasteiger partial charge on any atom is -0.371 e. The van der Waals surface area contributed by atoms with Crippen LogP contribution in [0.5, 0.6) is 0 Å². The van der Waals surface area contributed by atoms with Crippen LogP contribution in [0.1, 0.15) is 26.2 Å². The van der Waals surface area contributed by atoms with Crippen molar-refractivity contribution in [2.24, 2.45) is 0 Å². The molecule has 2 heterocycles. The first-order valence-electron chi connectivity index (χ1n) is 7.12. The normalized spacial score (nSPS) is 16.5. The molecule has 1 aromatic rings. The second-order valence-electron chi connectivity index (χ2n) is 5.15. The molecule has 1 aromatic heterocycles. The van der Waals surface area contributed by atoms with Crippen LogP contribution < -0.4 is 10.6 Å². The van der Waals surface area contributed by atoms with Crippen molar-refractivity contribution in [2.45, 2.75) is 32.2 Å². The van der Waals surface area contributed by atoms with E-state index in [-0.39, 0.29) is 17.5 Å². The molecule has 0 bridgehead atoms. The minimum absolute atomic E-state index is 0.0588. The van der Waals surface area contributed by atoms with Gasteiger partial charge in [0.15, 0.2) is 23.3 Å². The molecule has 1 amide bonds. The van der Waals surface area contributed by atoms with Crippen molar-refractivity contribution in [3.8, 4) is 0 Å². The van der Waals surface area contributed by atoms with Gasteiger partial charge in [-0.25, -0.2) is 13.8 Å². The molecule has 21 heavy (non-hydrogen) atoms. The zero-order valence-electron chi connectivity index (χ0n) is 12.2. The van der Waals surface area contributed by atoms with Crippen molar-refractivity contribution in [1.82, 2.24) is 9.88 Å². The van der Waals surface area contributed by atoms with E-state index in [0.717, 1.165) is 38.4 Å². The van der Waals surface area contributed by atoms with Crippen LogP contribution in [-0.2, 0) is 4.79 Å². The Morgan fingerprint density at radius 1 is 1.24 bits per heavy atom. The monoisotopic (exact) mass is 298 g/mol. The Labute approximate surface area is 122 Å². The fourth-order valence-corrected chi connectivity index (χ4v) is 2.40. The molecule has 1 aliphatic rings. The molecular weight excluding hydrogens is 278 g/mol. The number of pyridine rings is 1. The number of aromatic nitrogens is 1. The third-order valence-electron chi connectivity index (χ3n) is 3.56. The van der Waals surface area contributed by atoms with Crippen LogP contribution in [0.25, 0.3) is 0 Å². The number of amides is 1. The van der Waals surface area contributed by atoms with Crippen LogP contribution in [0.15, 0.2) is 6.07 Å². The lowest BCUT2D eigenvalue weighted by atomic mass is 10.1. The Balaban J connectivity index is 2.08. The van der Waals surface area contributed by atoms with E-state index >= 15 is 0 Å². The Bertz CT molecular complexity index is 518. The lowest BCUT2D eigenvalue weighted by Gasteiger charge is -2.29. The van der Waals surface area contributed by atoms with Gasteiger partial charge >= 0.3 is 0 Å². The van der Waals surface area contributed by atoms with Crippen LogP contribution in [-0.4, -0.2) is 42.0 Å². The van der Waals surface area contributed by atoms with E-state index in [9.17, 15) is 13.6 Å². The zero-order valence-corrected chi connectivity index (χ0v) is 12.2. The smallest absolute Gasteiger partial charge is 0.244 e. The summed E-state index contributed by atoms with van der Waals surface area (Å²) >= 11 is 0. The van der Waals surface area contributed by atoms with Crippen LogP contribution in [0.2, 0.25) is 0 Å². The van der Waals surface area contributed by atoms with Crippen molar-refractivity contribution in [1.29, 1.82) is 0 Å². The van der Waals surface area contributed by atoms with Crippen LogP contribution in [0, 0.1) is 11.6 Å². The molecule has 1 atom stereocenters. The lowest BCUT2D eigenvalue weighted by molar-refractivity contribution is -0.132. The second-order valence-corrected chi connectivity index (χ2v) is 5.15. The Kier molecular flexibility index (Phi) is 4.93. The zero-order chi connectivity index (χ0) is 15.4. The number of hydrogen-bond donors (Lipinski definition) is 2. The van der Waals surface area contributed by atoms with Crippen molar-refractivity contribution in [2.75, 3.05) is 30.8 Å². The van der Waals surface area contributed by atoms with E-state index in [0.29, 0.717) is 0 Å². The van der Waals surface area contributed by atoms with E-state index in [4.69, 9.17) is 0 Å². The first-order valence-corrected chi connectivity index (χ1v) is 7.12. The SMILES string of the molecule is CNc1nc(NC(C)C(=O)N2CCCCC2)c(F)cc1F. The van der Waals surface area contributed by atoms with Crippen molar-refractivity contribution in [3.63, 3.8) is 0 Å². The molecule has 0 aliphatic carbocycles. The number of anilines is 2. The van der Waals surface area contributed by atoms with Gasteiger partial charge in [-0.15, -0.1) is 0 Å².